The molecule has 2 N–H and O–H groups in total. The Bertz CT molecular complexity index is 785. The Morgan fingerprint density at radius 1 is 1.00 bits per heavy atom. The van der Waals surface area contributed by atoms with E-state index < -0.39 is 0 Å². The predicted molar refractivity (Wildman–Crippen MR) is 109 cm³/mol. The molecule has 0 bridgehead atoms. The van der Waals surface area contributed by atoms with Gasteiger partial charge < -0.3 is 9.80 Å². The van der Waals surface area contributed by atoms with Crippen LogP contribution in [0.3, 0.4) is 0 Å². The molecule has 5 nitrogen and oxygen atoms in total. The molecule has 142 valence electrons. The minimum Gasteiger partial charge on any atom is -0.368 e. The number of hydrogen-bond donors (Lipinski definition) is 2. The highest BCUT2D eigenvalue weighted by atomic mass is 35.5. The molecule has 2 heterocycles. The van der Waals surface area contributed by atoms with E-state index in [-0.39, 0.29) is 17.9 Å². The van der Waals surface area contributed by atoms with Gasteiger partial charge in [-0.25, -0.2) is 5.43 Å². The van der Waals surface area contributed by atoms with Crippen LogP contribution in [0.1, 0.15) is 17.2 Å². The summed E-state index contributed by atoms with van der Waals surface area (Å²) in [5.74, 6) is 0.156. The number of carbonyl (C=O) groups is 1. The lowest BCUT2D eigenvalue weighted by atomic mass is 9.93. The lowest BCUT2D eigenvalue weighted by Crippen LogP contribution is -2.51. The number of nitrogens with one attached hydrogen (secondary N) is 2. The van der Waals surface area contributed by atoms with E-state index in [2.05, 4.69) is 46.9 Å². The highest BCUT2D eigenvalue weighted by Crippen LogP contribution is 2.28. The van der Waals surface area contributed by atoms with Crippen molar-refractivity contribution in [1.29, 1.82) is 0 Å². The fourth-order valence-electron chi connectivity index (χ4n) is 3.89. The van der Waals surface area contributed by atoms with Gasteiger partial charge in [0.15, 0.2) is 0 Å². The fourth-order valence-corrected chi connectivity index (χ4v) is 4.01. The minimum atomic E-state index is -0.0743. The number of aryl methyl sites for hydroxylation is 1. The summed E-state index contributed by atoms with van der Waals surface area (Å²) in [5.41, 5.74) is 10.0. The molecule has 27 heavy (non-hydrogen) atoms. The Labute approximate surface area is 165 Å². The zero-order chi connectivity index (χ0) is 18.8. The molecule has 4 rings (SSSR count). The topological polar surface area (TPSA) is 47.6 Å². The first-order chi connectivity index (χ1) is 13.1. The van der Waals surface area contributed by atoms with Crippen molar-refractivity contribution in [3.05, 3.63) is 64.7 Å². The van der Waals surface area contributed by atoms with Crippen LogP contribution in [-0.2, 0) is 4.79 Å². The van der Waals surface area contributed by atoms with E-state index in [0.29, 0.717) is 6.54 Å². The van der Waals surface area contributed by atoms with Crippen LogP contribution >= 0.6 is 11.6 Å². The third-order valence-electron chi connectivity index (χ3n) is 5.52. The molecule has 6 heteroatoms. The summed E-state index contributed by atoms with van der Waals surface area (Å²) in [4.78, 5) is 17.5. The van der Waals surface area contributed by atoms with Crippen molar-refractivity contribution in [1.82, 2.24) is 15.8 Å². The number of carbonyl (C=O) groups excluding carboxylic acids is 1. The number of rotatable bonds is 3. The van der Waals surface area contributed by atoms with E-state index in [1.54, 1.807) is 0 Å². The average Bonchev–Trinajstić information content (AvgIpc) is 3.18. The SMILES string of the molecule is Cc1ccc(C2NNCC2C(=O)N2CCN(c3ccc(Cl)cc3)CC2)cc1. The number of hydrazine groups is 1. The molecule has 0 spiro atoms. The third kappa shape index (κ3) is 3.95. The standard InChI is InChI=1S/C21H25ClN4O/c1-15-2-4-16(5-3-15)20-19(14-23-24-20)21(27)26-12-10-25(11-13-26)18-8-6-17(22)7-9-18/h2-9,19-20,23-24H,10-14H2,1H3. The van der Waals surface area contributed by atoms with Crippen LogP contribution in [0.25, 0.3) is 0 Å². The van der Waals surface area contributed by atoms with Crippen molar-refractivity contribution in [3.8, 4) is 0 Å². The predicted octanol–water partition coefficient (Wildman–Crippen LogP) is 2.76. The van der Waals surface area contributed by atoms with Crippen LogP contribution in [-0.4, -0.2) is 43.5 Å². The largest absolute Gasteiger partial charge is 0.368 e. The van der Waals surface area contributed by atoms with Gasteiger partial charge in [-0.1, -0.05) is 41.4 Å². The molecule has 1 amide bonds. The maximum atomic E-state index is 13.1. The lowest BCUT2D eigenvalue weighted by Gasteiger charge is -2.37. The summed E-state index contributed by atoms with van der Waals surface area (Å²) < 4.78 is 0. The van der Waals surface area contributed by atoms with Gasteiger partial charge in [0.1, 0.15) is 0 Å². The molecule has 0 saturated carbocycles. The zero-order valence-corrected chi connectivity index (χ0v) is 16.2. The Balaban J connectivity index is 1.39. The number of piperazine rings is 1. The van der Waals surface area contributed by atoms with Crippen LogP contribution < -0.4 is 15.8 Å². The second-order valence-electron chi connectivity index (χ2n) is 7.31. The lowest BCUT2D eigenvalue weighted by molar-refractivity contribution is -0.135. The molecule has 2 aliphatic rings. The number of amides is 1. The van der Waals surface area contributed by atoms with E-state index in [4.69, 9.17) is 11.6 Å². The molecule has 2 aromatic carbocycles. The molecule has 2 fully saturated rings. The number of nitrogens with zero attached hydrogens (tertiary/aromatic N) is 2. The van der Waals surface area contributed by atoms with Gasteiger partial charge in [0.25, 0.3) is 0 Å². The summed E-state index contributed by atoms with van der Waals surface area (Å²) in [6, 6.07) is 16.3. The molecule has 2 aliphatic heterocycles. The molecule has 2 saturated heterocycles. The fraction of sp³-hybridized carbons (Fsp3) is 0.381. The second kappa shape index (κ2) is 7.89. The van der Waals surface area contributed by atoms with Crippen molar-refractivity contribution in [2.75, 3.05) is 37.6 Å². The van der Waals surface area contributed by atoms with Crippen molar-refractivity contribution < 1.29 is 4.79 Å². The average molecular weight is 385 g/mol. The van der Waals surface area contributed by atoms with Gasteiger partial charge in [-0.3, -0.25) is 10.2 Å². The molecule has 2 atom stereocenters. The van der Waals surface area contributed by atoms with Crippen LogP contribution in [0.15, 0.2) is 48.5 Å². The van der Waals surface area contributed by atoms with Crippen molar-refractivity contribution in [3.63, 3.8) is 0 Å². The second-order valence-corrected chi connectivity index (χ2v) is 7.75. The van der Waals surface area contributed by atoms with Gasteiger partial charge in [-0.2, -0.15) is 0 Å². The number of benzene rings is 2. The van der Waals surface area contributed by atoms with Crippen molar-refractivity contribution >= 4 is 23.2 Å². The van der Waals surface area contributed by atoms with Crippen LogP contribution in [0, 0.1) is 12.8 Å². The van der Waals surface area contributed by atoms with E-state index in [0.717, 1.165) is 42.5 Å². The van der Waals surface area contributed by atoms with Gasteiger partial charge in [-0.15, -0.1) is 0 Å². The normalized spacial score (nSPS) is 22.9. The Kier molecular flexibility index (Phi) is 5.34. The first-order valence-electron chi connectivity index (χ1n) is 9.46. The summed E-state index contributed by atoms with van der Waals surface area (Å²) in [6.07, 6.45) is 0. The Hall–Kier alpha value is -2.08. The summed E-state index contributed by atoms with van der Waals surface area (Å²) >= 11 is 5.98. The van der Waals surface area contributed by atoms with E-state index >= 15 is 0 Å². The molecule has 0 radical (unpaired) electrons. The van der Waals surface area contributed by atoms with Gasteiger partial charge in [0.2, 0.25) is 5.91 Å². The minimum absolute atomic E-state index is 0.0207. The first-order valence-corrected chi connectivity index (χ1v) is 9.84. The molecular weight excluding hydrogens is 360 g/mol. The Morgan fingerprint density at radius 3 is 2.33 bits per heavy atom. The first kappa shape index (κ1) is 18.3. The summed E-state index contributed by atoms with van der Waals surface area (Å²) in [7, 11) is 0. The smallest absolute Gasteiger partial charge is 0.229 e. The zero-order valence-electron chi connectivity index (χ0n) is 15.5. The quantitative estimate of drug-likeness (QED) is 0.854. The molecule has 0 aliphatic carbocycles. The summed E-state index contributed by atoms with van der Waals surface area (Å²) in [6.45, 7) is 5.92. The number of halogens is 1. The molecule has 2 aromatic rings. The van der Waals surface area contributed by atoms with Crippen LogP contribution in [0.2, 0.25) is 5.02 Å². The van der Waals surface area contributed by atoms with Crippen molar-refractivity contribution in [2.45, 2.75) is 13.0 Å². The van der Waals surface area contributed by atoms with Crippen LogP contribution in [0.4, 0.5) is 5.69 Å². The number of anilines is 1. The van der Waals surface area contributed by atoms with Crippen LogP contribution in [0.5, 0.6) is 0 Å². The van der Waals surface area contributed by atoms with E-state index in [1.165, 1.54) is 5.56 Å². The molecular formula is C21H25ClN4O. The van der Waals surface area contributed by atoms with E-state index in [9.17, 15) is 4.79 Å². The molecule has 2 unspecified atom stereocenters. The van der Waals surface area contributed by atoms with Gasteiger partial charge in [-0.05, 0) is 36.8 Å². The maximum absolute atomic E-state index is 13.1. The number of hydrogen-bond acceptors (Lipinski definition) is 4. The highest BCUT2D eigenvalue weighted by molar-refractivity contribution is 6.30. The molecule has 0 aromatic heterocycles. The highest BCUT2D eigenvalue weighted by Gasteiger charge is 2.37. The van der Waals surface area contributed by atoms with Crippen molar-refractivity contribution in [2.24, 2.45) is 5.92 Å². The van der Waals surface area contributed by atoms with E-state index in [1.807, 2.05) is 29.2 Å². The van der Waals surface area contributed by atoms with Gasteiger partial charge in [0.05, 0.1) is 12.0 Å². The Morgan fingerprint density at radius 2 is 1.67 bits per heavy atom. The third-order valence-corrected chi connectivity index (χ3v) is 5.77. The van der Waals surface area contributed by atoms with Gasteiger partial charge >= 0.3 is 0 Å². The maximum Gasteiger partial charge on any atom is 0.229 e. The van der Waals surface area contributed by atoms with Gasteiger partial charge in [0, 0.05) is 43.4 Å². The summed E-state index contributed by atoms with van der Waals surface area (Å²) in [5, 5.41) is 0.746. The monoisotopic (exact) mass is 384 g/mol.